The Kier molecular flexibility index (Phi) is 0.648. The Hall–Kier alpha value is -0.0800. The van der Waals surface area contributed by atoms with Crippen LogP contribution in [0.2, 0.25) is 0 Å². The highest BCUT2D eigenvalue weighted by Crippen LogP contribution is 2.24. The van der Waals surface area contributed by atoms with Crippen molar-refractivity contribution in [2.24, 2.45) is 17.4 Å². The minimum absolute atomic E-state index is 0.296. The van der Waals surface area contributed by atoms with Gasteiger partial charge in [-0.1, -0.05) is 6.92 Å². The summed E-state index contributed by atoms with van der Waals surface area (Å²) in [5.41, 5.74) is 10.8. The van der Waals surface area contributed by atoms with Crippen molar-refractivity contribution in [3.63, 3.8) is 0 Å². The lowest BCUT2D eigenvalue weighted by Gasteiger charge is -1.70. The van der Waals surface area contributed by atoms with E-state index in [0.29, 0.717) is 18.0 Å². The van der Waals surface area contributed by atoms with Gasteiger partial charge in [0.25, 0.3) is 0 Å². The Morgan fingerprint density at radius 1 is 1.17 bits per heavy atom. The van der Waals surface area contributed by atoms with Crippen molar-refractivity contribution in [1.82, 2.24) is 0 Å². The average Bonchev–Trinajstić information content (AvgIpc) is 1.94. The summed E-state index contributed by atoms with van der Waals surface area (Å²) in [7, 11) is 0. The van der Waals surface area contributed by atoms with Crippen LogP contribution in [0.5, 0.6) is 0 Å². The maximum Gasteiger partial charge on any atom is 0.0237 e. The third-order valence-corrected chi connectivity index (χ3v) is 1.52. The van der Waals surface area contributed by atoms with E-state index in [4.69, 9.17) is 11.5 Å². The lowest BCUT2D eigenvalue weighted by Crippen LogP contribution is -2.12. The van der Waals surface area contributed by atoms with Crippen LogP contribution in [-0.4, -0.2) is 12.1 Å². The molecule has 0 saturated heterocycles. The summed E-state index contributed by atoms with van der Waals surface area (Å²) in [5.74, 6) is 0.574. The Morgan fingerprint density at radius 3 is 1.33 bits per heavy atom. The van der Waals surface area contributed by atoms with Gasteiger partial charge in [-0.2, -0.15) is 0 Å². The van der Waals surface area contributed by atoms with Crippen molar-refractivity contribution in [2.45, 2.75) is 19.0 Å². The van der Waals surface area contributed by atoms with Gasteiger partial charge in [-0.3, -0.25) is 0 Å². The van der Waals surface area contributed by atoms with Crippen LogP contribution in [-0.2, 0) is 0 Å². The average molecular weight is 86.1 g/mol. The minimum atomic E-state index is 0.296. The van der Waals surface area contributed by atoms with Crippen LogP contribution in [0, 0.1) is 5.92 Å². The largest absolute Gasteiger partial charge is 0.326 e. The lowest BCUT2D eigenvalue weighted by atomic mass is 10.5. The molecule has 0 radical (unpaired) electrons. The summed E-state index contributed by atoms with van der Waals surface area (Å²) in [6, 6.07) is 0.593. The van der Waals surface area contributed by atoms with Crippen molar-refractivity contribution in [3.05, 3.63) is 0 Å². The van der Waals surface area contributed by atoms with Crippen LogP contribution in [0.1, 0.15) is 6.92 Å². The number of hydrogen-bond acceptors (Lipinski definition) is 2. The third-order valence-electron chi connectivity index (χ3n) is 1.52. The van der Waals surface area contributed by atoms with Crippen molar-refractivity contribution in [1.29, 1.82) is 0 Å². The van der Waals surface area contributed by atoms with Gasteiger partial charge in [-0.05, 0) is 5.92 Å². The van der Waals surface area contributed by atoms with Gasteiger partial charge in [0.2, 0.25) is 0 Å². The minimum Gasteiger partial charge on any atom is -0.326 e. The molecule has 0 amide bonds. The summed E-state index contributed by atoms with van der Waals surface area (Å²) < 4.78 is 0. The molecule has 0 spiro atoms. The van der Waals surface area contributed by atoms with Gasteiger partial charge in [-0.25, -0.2) is 0 Å². The molecule has 0 aromatic rings. The normalized spacial score (nSPS) is 55.5. The van der Waals surface area contributed by atoms with Crippen LogP contribution in [0.4, 0.5) is 0 Å². The first-order valence-electron chi connectivity index (χ1n) is 2.24. The summed E-state index contributed by atoms with van der Waals surface area (Å²) in [5, 5.41) is 0. The van der Waals surface area contributed by atoms with E-state index in [9.17, 15) is 0 Å². The first kappa shape index (κ1) is 4.09. The van der Waals surface area contributed by atoms with Gasteiger partial charge < -0.3 is 11.5 Å². The van der Waals surface area contributed by atoms with Crippen LogP contribution in [0.15, 0.2) is 0 Å². The second-order valence-electron chi connectivity index (χ2n) is 2.01. The van der Waals surface area contributed by atoms with Gasteiger partial charge in [-0.15, -0.1) is 0 Å². The van der Waals surface area contributed by atoms with E-state index in [1.807, 2.05) is 0 Å². The Bertz CT molecular complexity index is 42.3. The predicted molar refractivity (Wildman–Crippen MR) is 25.1 cm³/mol. The molecular weight excluding hydrogens is 76.1 g/mol. The maximum absolute atomic E-state index is 5.38. The molecule has 6 heavy (non-hydrogen) atoms. The highest BCUT2D eigenvalue weighted by molar-refractivity contribution is 5.01. The molecule has 1 aliphatic carbocycles. The molecule has 1 fully saturated rings. The maximum atomic E-state index is 5.38. The summed E-state index contributed by atoms with van der Waals surface area (Å²) in [6.45, 7) is 2.06. The van der Waals surface area contributed by atoms with E-state index < -0.39 is 0 Å². The second-order valence-corrected chi connectivity index (χ2v) is 2.01. The van der Waals surface area contributed by atoms with E-state index in [2.05, 4.69) is 6.92 Å². The molecule has 4 N–H and O–H groups in total. The molecule has 3 atom stereocenters. The third kappa shape index (κ3) is 0.340. The highest BCUT2D eigenvalue weighted by Gasteiger charge is 2.39. The molecule has 0 unspecified atom stereocenters. The Balaban J connectivity index is 2.31. The molecule has 0 bridgehead atoms. The number of hydrogen-bond donors (Lipinski definition) is 2. The van der Waals surface area contributed by atoms with Gasteiger partial charge in [0, 0.05) is 12.1 Å². The van der Waals surface area contributed by atoms with Gasteiger partial charge in [0.05, 0.1) is 0 Å². The van der Waals surface area contributed by atoms with Crippen LogP contribution >= 0.6 is 0 Å². The Labute approximate surface area is 37.5 Å². The molecular formula is C4H10N2. The van der Waals surface area contributed by atoms with Crippen molar-refractivity contribution < 1.29 is 0 Å². The lowest BCUT2D eigenvalue weighted by molar-refractivity contribution is 0.879. The molecule has 0 aromatic heterocycles. The first-order chi connectivity index (χ1) is 2.73. The topological polar surface area (TPSA) is 52.0 Å². The van der Waals surface area contributed by atoms with Gasteiger partial charge >= 0.3 is 0 Å². The fourth-order valence-electron chi connectivity index (χ4n) is 0.526. The molecule has 2 heteroatoms. The quantitative estimate of drug-likeness (QED) is 0.409. The molecule has 36 valence electrons. The SMILES string of the molecule is C[C@H]1[C@@H](N)[C@H]1N. The monoisotopic (exact) mass is 86.1 g/mol. The molecule has 1 saturated carbocycles. The van der Waals surface area contributed by atoms with E-state index in [-0.39, 0.29) is 0 Å². The summed E-state index contributed by atoms with van der Waals surface area (Å²) >= 11 is 0. The standard InChI is InChI=1S/C4H10N2/c1-2-3(5)4(2)6/h2-4H,5-6H2,1H3/t2-,3+,4-. The van der Waals surface area contributed by atoms with Crippen LogP contribution < -0.4 is 11.5 Å². The number of rotatable bonds is 0. The highest BCUT2D eigenvalue weighted by atomic mass is 14.9. The van der Waals surface area contributed by atoms with Gasteiger partial charge in [0.1, 0.15) is 0 Å². The van der Waals surface area contributed by atoms with Crippen molar-refractivity contribution >= 4 is 0 Å². The zero-order valence-corrected chi connectivity index (χ0v) is 3.89. The zero-order valence-electron chi connectivity index (χ0n) is 3.89. The van der Waals surface area contributed by atoms with E-state index in [1.165, 1.54) is 0 Å². The number of nitrogens with two attached hydrogens (primary N) is 2. The summed E-state index contributed by atoms with van der Waals surface area (Å²) in [6.07, 6.45) is 0. The molecule has 1 rings (SSSR count). The predicted octanol–water partition coefficient (Wildman–Crippen LogP) is -0.709. The smallest absolute Gasteiger partial charge is 0.0237 e. The van der Waals surface area contributed by atoms with E-state index in [0.717, 1.165) is 0 Å². The molecule has 0 aromatic carbocycles. The van der Waals surface area contributed by atoms with E-state index >= 15 is 0 Å². The molecule has 2 nitrogen and oxygen atoms in total. The molecule has 1 aliphatic rings. The second kappa shape index (κ2) is 0.950. The fraction of sp³-hybridized carbons (Fsp3) is 1.00. The first-order valence-corrected chi connectivity index (χ1v) is 2.24. The van der Waals surface area contributed by atoms with Gasteiger partial charge in [0.15, 0.2) is 0 Å². The van der Waals surface area contributed by atoms with Crippen molar-refractivity contribution in [2.75, 3.05) is 0 Å². The van der Waals surface area contributed by atoms with Crippen LogP contribution in [0.3, 0.4) is 0 Å². The van der Waals surface area contributed by atoms with Crippen molar-refractivity contribution in [3.8, 4) is 0 Å². The Morgan fingerprint density at radius 2 is 1.33 bits per heavy atom. The summed E-state index contributed by atoms with van der Waals surface area (Å²) in [4.78, 5) is 0. The fourth-order valence-corrected chi connectivity index (χ4v) is 0.526. The molecule has 0 aliphatic heterocycles. The van der Waals surface area contributed by atoms with E-state index in [1.54, 1.807) is 0 Å². The molecule has 0 heterocycles. The van der Waals surface area contributed by atoms with Crippen LogP contribution in [0.25, 0.3) is 0 Å². The zero-order chi connectivity index (χ0) is 4.73.